The van der Waals surface area contributed by atoms with Gasteiger partial charge in [-0.3, -0.25) is 0 Å². The van der Waals surface area contributed by atoms with Crippen LogP contribution in [0.4, 0.5) is 0 Å². The van der Waals surface area contributed by atoms with Gasteiger partial charge in [0.1, 0.15) is 5.45 Å². The van der Waals surface area contributed by atoms with Gasteiger partial charge in [0.05, 0.1) is 20.1 Å². The Kier molecular flexibility index (Phi) is 15.9. The molecule has 0 amide bonds. The van der Waals surface area contributed by atoms with Crippen LogP contribution in [0.2, 0.25) is 0 Å². The first-order valence-corrected chi connectivity index (χ1v) is 8.20. The van der Waals surface area contributed by atoms with Crippen LogP contribution in [-0.4, -0.2) is 30.1 Å². The van der Waals surface area contributed by atoms with Crippen LogP contribution < -0.4 is 17.0 Å². The van der Waals surface area contributed by atoms with E-state index in [4.69, 9.17) is 0 Å². The van der Waals surface area contributed by atoms with Crippen molar-refractivity contribution in [3.05, 3.63) is 0 Å². The molecular formula is C14H31Br2N. The lowest BCUT2D eigenvalue weighted by molar-refractivity contribution is -0.896. The highest BCUT2D eigenvalue weighted by Gasteiger charge is 2.18. The number of hydrogen-bond donors (Lipinski definition) is 0. The van der Waals surface area contributed by atoms with Gasteiger partial charge in [0, 0.05) is 0 Å². The Morgan fingerprint density at radius 3 is 1.47 bits per heavy atom. The molecule has 0 aromatic rings. The van der Waals surface area contributed by atoms with Crippen molar-refractivity contribution < 1.29 is 21.5 Å². The molecule has 106 valence electrons. The predicted octanol–water partition coefficient (Wildman–Crippen LogP) is 1.95. The number of quaternary nitrogens is 1. The van der Waals surface area contributed by atoms with Gasteiger partial charge in [-0.1, -0.05) is 39.5 Å². The van der Waals surface area contributed by atoms with Crippen LogP contribution in [0.15, 0.2) is 0 Å². The molecule has 0 aromatic carbocycles. The summed E-state index contributed by atoms with van der Waals surface area (Å²) in [6, 6.07) is 0. The molecule has 0 atom stereocenters. The van der Waals surface area contributed by atoms with Crippen LogP contribution in [-0.2, 0) is 0 Å². The van der Waals surface area contributed by atoms with Gasteiger partial charge in [-0.25, -0.2) is 0 Å². The van der Waals surface area contributed by atoms with Crippen molar-refractivity contribution in [1.82, 2.24) is 0 Å². The minimum Gasteiger partial charge on any atom is -1.00 e. The third-order valence-electron chi connectivity index (χ3n) is 3.39. The maximum absolute atomic E-state index is 3.68. The second-order valence-corrected chi connectivity index (χ2v) is 5.81. The third-order valence-corrected chi connectivity index (χ3v) is 4.60. The largest absolute Gasteiger partial charge is 1.00 e. The molecule has 0 spiro atoms. The fourth-order valence-electron chi connectivity index (χ4n) is 2.07. The zero-order valence-electron chi connectivity index (χ0n) is 12.0. The highest BCUT2D eigenvalue weighted by atomic mass is 79.9. The van der Waals surface area contributed by atoms with E-state index in [2.05, 4.69) is 36.8 Å². The molecule has 0 bridgehead atoms. The Bertz CT molecular complexity index is 139. The summed E-state index contributed by atoms with van der Waals surface area (Å²) in [5.74, 6) is 0. The van der Waals surface area contributed by atoms with E-state index in [9.17, 15) is 0 Å². The summed E-state index contributed by atoms with van der Waals surface area (Å²) in [5.41, 5.74) is 1.12. The van der Waals surface area contributed by atoms with Crippen LogP contribution in [0.25, 0.3) is 0 Å². The van der Waals surface area contributed by atoms with Gasteiger partial charge in [-0.05, 0) is 41.6 Å². The van der Waals surface area contributed by atoms with Crippen LogP contribution in [0.3, 0.4) is 0 Å². The van der Waals surface area contributed by atoms with E-state index in [-0.39, 0.29) is 17.0 Å². The molecule has 0 rings (SSSR count). The van der Waals surface area contributed by atoms with Crippen molar-refractivity contribution in [2.75, 3.05) is 25.6 Å². The van der Waals surface area contributed by atoms with E-state index < -0.39 is 0 Å². The van der Waals surface area contributed by atoms with E-state index >= 15 is 0 Å². The second-order valence-electron chi connectivity index (χ2n) is 5.31. The maximum Gasteiger partial charge on any atom is 0.134 e. The van der Waals surface area contributed by atoms with Crippen molar-refractivity contribution in [2.24, 2.45) is 0 Å². The van der Waals surface area contributed by atoms with Crippen LogP contribution in [0.1, 0.15) is 65.2 Å². The van der Waals surface area contributed by atoms with Crippen LogP contribution in [0, 0.1) is 0 Å². The molecule has 0 N–H and O–H groups in total. The first kappa shape index (κ1) is 20.2. The molecule has 0 fully saturated rings. The van der Waals surface area contributed by atoms with Crippen LogP contribution >= 0.6 is 15.9 Å². The summed E-state index contributed by atoms with van der Waals surface area (Å²) < 4.78 is 1.22. The molecule has 0 saturated carbocycles. The second kappa shape index (κ2) is 13.4. The van der Waals surface area contributed by atoms with E-state index in [1.165, 1.54) is 68.9 Å². The lowest BCUT2D eigenvalue weighted by Gasteiger charge is -2.32. The number of nitrogens with zero attached hydrogens (tertiary/aromatic N) is 1. The molecule has 0 aliphatic carbocycles. The van der Waals surface area contributed by atoms with E-state index in [0.717, 1.165) is 5.45 Å². The standard InChI is InChI=1S/C14H31BrN.BrH/c1-4-6-8-10-12-16(3,14-15)13-11-9-7-5-2;/h4-14H2,1-3H3;1H/q+1;/p-1. The minimum absolute atomic E-state index is 0. The van der Waals surface area contributed by atoms with Crippen molar-refractivity contribution in [3.8, 4) is 0 Å². The Labute approximate surface area is 128 Å². The van der Waals surface area contributed by atoms with Gasteiger partial charge >= 0.3 is 0 Å². The maximum atomic E-state index is 3.68. The minimum atomic E-state index is 0. The quantitative estimate of drug-likeness (QED) is 0.225. The summed E-state index contributed by atoms with van der Waals surface area (Å²) in [5, 5.41) is 0. The number of hydrogen-bond acceptors (Lipinski definition) is 0. The molecule has 0 aliphatic rings. The number of unbranched alkanes of at least 4 members (excludes halogenated alkanes) is 6. The molecule has 0 heterocycles. The Morgan fingerprint density at radius 1 is 0.765 bits per heavy atom. The van der Waals surface area contributed by atoms with E-state index in [1.807, 2.05) is 0 Å². The smallest absolute Gasteiger partial charge is 0.134 e. The lowest BCUT2D eigenvalue weighted by Crippen LogP contribution is -3.00. The van der Waals surface area contributed by atoms with Gasteiger partial charge in [-0.15, -0.1) is 0 Å². The molecular weight excluding hydrogens is 342 g/mol. The summed E-state index contributed by atoms with van der Waals surface area (Å²) in [6.45, 7) is 7.25. The van der Waals surface area contributed by atoms with Gasteiger partial charge in [-0.2, -0.15) is 0 Å². The highest BCUT2D eigenvalue weighted by molar-refractivity contribution is 9.09. The Hall–Kier alpha value is 0.920. The Morgan fingerprint density at radius 2 is 1.18 bits per heavy atom. The summed E-state index contributed by atoms with van der Waals surface area (Å²) in [7, 11) is 2.40. The van der Waals surface area contributed by atoms with E-state index in [0.29, 0.717) is 0 Å². The monoisotopic (exact) mass is 371 g/mol. The number of rotatable bonds is 11. The average Bonchev–Trinajstić information content (AvgIpc) is 2.31. The summed E-state index contributed by atoms with van der Waals surface area (Å²) >= 11 is 3.68. The predicted molar refractivity (Wildman–Crippen MR) is 78.0 cm³/mol. The first-order valence-electron chi connectivity index (χ1n) is 7.08. The average molecular weight is 373 g/mol. The molecule has 0 aromatic heterocycles. The zero-order valence-corrected chi connectivity index (χ0v) is 15.2. The molecule has 0 radical (unpaired) electrons. The summed E-state index contributed by atoms with van der Waals surface area (Å²) in [4.78, 5) is 0. The van der Waals surface area contributed by atoms with Gasteiger partial charge in [0.25, 0.3) is 0 Å². The first-order chi connectivity index (χ1) is 7.68. The molecule has 0 unspecified atom stereocenters. The SMILES string of the molecule is CCCCCC[N+](C)(CBr)CCCCCC.[Br-]. The normalized spacial score (nSPS) is 11.3. The summed E-state index contributed by atoms with van der Waals surface area (Å²) in [6.07, 6.45) is 11.1. The fourth-order valence-corrected chi connectivity index (χ4v) is 2.57. The highest BCUT2D eigenvalue weighted by Crippen LogP contribution is 2.13. The van der Waals surface area contributed by atoms with Gasteiger partial charge < -0.3 is 21.5 Å². The molecule has 0 saturated heterocycles. The zero-order chi connectivity index (χ0) is 12.3. The third kappa shape index (κ3) is 11.7. The van der Waals surface area contributed by atoms with Crippen molar-refractivity contribution in [3.63, 3.8) is 0 Å². The molecule has 3 heteroatoms. The van der Waals surface area contributed by atoms with Crippen LogP contribution in [0.5, 0.6) is 0 Å². The van der Waals surface area contributed by atoms with Gasteiger partial charge in [0.2, 0.25) is 0 Å². The number of halogens is 2. The van der Waals surface area contributed by atoms with Gasteiger partial charge in [0.15, 0.2) is 0 Å². The Balaban J connectivity index is 0. The van der Waals surface area contributed by atoms with Crippen molar-refractivity contribution in [1.29, 1.82) is 0 Å². The molecule has 1 nitrogen and oxygen atoms in total. The fraction of sp³-hybridized carbons (Fsp3) is 1.00. The van der Waals surface area contributed by atoms with E-state index in [1.54, 1.807) is 0 Å². The topological polar surface area (TPSA) is 0 Å². The lowest BCUT2D eigenvalue weighted by atomic mass is 10.1. The molecule has 0 aliphatic heterocycles. The van der Waals surface area contributed by atoms with Crippen molar-refractivity contribution >= 4 is 15.9 Å². The molecule has 17 heavy (non-hydrogen) atoms. The van der Waals surface area contributed by atoms with Crippen molar-refractivity contribution in [2.45, 2.75) is 65.2 Å². The number of alkyl halides is 1.